The minimum atomic E-state index is -0.792. The van der Waals surface area contributed by atoms with E-state index in [1.165, 1.54) is 4.90 Å². The van der Waals surface area contributed by atoms with Gasteiger partial charge in [0.25, 0.3) is 0 Å². The highest BCUT2D eigenvalue weighted by Gasteiger charge is 2.27. The number of aromatic nitrogens is 4. The molecule has 1 N–H and O–H groups in total. The van der Waals surface area contributed by atoms with Gasteiger partial charge in [0.15, 0.2) is 5.82 Å². The fraction of sp³-hybridized carbons (Fsp3) is 0.333. The first-order valence-electron chi connectivity index (χ1n) is 10.2. The summed E-state index contributed by atoms with van der Waals surface area (Å²) in [4.78, 5) is 24.2. The first-order chi connectivity index (χ1) is 15.7. The highest BCUT2D eigenvalue weighted by Crippen LogP contribution is 2.25. The van der Waals surface area contributed by atoms with Crippen LogP contribution in [0.3, 0.4) is 0 Å². The molecule has 4 rings (SSSR count). The molecule has 0 spiro atoms. The van der Waals surface area contributed by atoms with E-state index in [1.807, 2.05) is 11.8 Å². The molecule has 1 aliphatic heterocycles. The molecule has 1 saturated heterocycles. The summed E-state index contributed by atoms with van der Waals surface area (Å²) in [6, 6.07) is 2.12. The lowest BCUT2D eigenvalue weighted by Crippen LogP contribution is -2.52. The number of carbonyl (C=O) groups is 1. The molecular formula is C21H22F3N7O2. The Morgan fingerprint density at radius 3 is 2.36 bits per heavy atom. The van der Waals surface area contributed by atoms with Crippen molar-refractivity contribution < 1.29 is 23.2 Å². The van der Waals surface area contributed by atoms with Gasteiger partial charge in [-0.2, -0.15) is 5.10 Å². The second kappa shape index (κ2) is 9.06. The van der Waals surface area contributed by atoms with Gasteiger partial charge in [0.1, 0.15) is 17.3 Å². The van der Waals surface area contributed by atoms with Crippen LogP contribution < -0.4 is 4.90 Å². The van der Waals surface area contributed by atoms with Gasteiger partial charge in [0.2, 0.25) is 5.95 Å². The second-order valence-corrected chi connectivity index (χ2v) is 7.76. The number of piperazine rings is 1. The topological polar surface area (TPSA) is 90.6 Å². The van der Waals surface area contributed by atoms with Crippen LogP contribution in [0.2, 0.25) is 0 Å². The highest BCUT2D eigenvalue weighted by molar-refractivity contribution is 5.73. The van der Waals surface area contributed by atoms with Gasteiger partial charge in [-0.15, -0.1) is 0 Å². The maximum atomic E-state index is 14.4. The summed E-state index contributed by atoms with van der Waals surface area (Å²) in [6.45, 7) is 2.64. The lowest BCUT2D eigenvalue weighted by molar-refractivity contribution is -0.0645. The van der Waals surface area contributed by atoms with Gasteiger partial charge in [0.05, 0.1) is 24.6 Å². The largest absolute Gasteiger partial charge is 0.344 e. The van der Waals surface area contributed by atoms with E-state index in [1.54, 1.807) is 17.9 Å². The van der Waals surface area contributed by atoms with Crippen LogP contribution in [0.5, 0.6) is 0 Å². The zero-order valence-corrected chi connectivity index (χ0v) is 18.0. The van der Waals surface area contributed by atoms with E-state index in [9.17, 15) is 23.2 Å². The lowest BCUT2D eigenvalue weighted by atomic mass is 10.2. The van der Waals surface area contributed by atoms with Crippen molar-refractivity contribution in [3.63, 3.8) is 0 Å². The molecule has 33 heavy (non-hydrogen) atoms. The van der Waals surface area contributed by atoms with Gasteiger partial charge < -0.3 is 9.80 Å². The number of carbonyl (C=O) groups excluding carboxylic acids is 1. The summed E-state index contributed by atoms with van der Waals surface area (Å²) in [5, 5.41) is 14.7. The molecule has 0 unspecified atom stereocenters. The Hall–Kier alpha value is -3.67. The molecule has 0 atom stereocenters. The van der Waals surface area contributed by atoms with Crippen molar-refractivity contribution in [2.45, 2.75) is 13.5 Å². The molecule has 2 amide bonds. The van der Waals surface area contributed by atoms with Crippen LogP contribution in [0.15, 0.2) is 30.6 Å². The zero-order chi connectivity index (χ0) is 23.7. The summed E-state index contributed by atoms with van der Waals surface area (Å²) in [7, 11) is 1.70. The maximum Gasteiger partial charge on any atom is 0.344 e. The van der Waals surface area contributed by atoms with Gasteiger partial charge in [-0.3, -0.25) is 9.89 Å². The summed E-state index contributed by atoms with van der Waals surface area (Å²) < 4.78 is 42.7. The monoisotopic (exact) mass is 461 g/mol. The molecule has 1 aromatic carbocycles. The van der Waals surface area contributed by atoms with Crippen LogP contribution in [0.1, 0.15) is 11.1 Å². The first-order valence-corrected chi connectivity index (χ1v) is 10.2. The van der Waals surface area contributed by atoms with E-state index >= 15 is 0 Å². The van der Waals surface area contributed by atoms with Crippen LogP contribution in [-0.2, 0) is 13.6 Å². The van der Waals surface area contributed by atoms with Crippen molar-refractivity contribution in [3.05, 3.63) is 59.2 Å². The minimum Gasteiger partial charge on any atom is -0.337 e. The fourth-order valence-electron chi connectivity index (χ4n) is 3.77. The van der Waals surface area contributed by atoms with Crippen molar-refractivity contribution >= 4 is 12.0 Å². The number of hydrogen-bond donors (Lipinski definition) is 1. The van der Waals surface area contributed by atoms with Gasteiger partial charge >= 0.3 is 6.03 Å². The summed E-state index contributed by atoms with van der Waals surface area (Å²) >= 11 is 0. The minimum absolute atomic E-state index is 0.125. The SMILES string of the molecule is Cc1cnn(C)c1-c1nc(N2CCN(C(=O)N(O)Cc3cc(F)cc(F)c3)CC2)ncc1F. The third kappa shape index (κ3) is 4.75. The number of amides is 2. The van der Waals surface area contributed by atoms with E-state index < -0.39 is 23.5 Å². The normalized spacial score (nSPS) is 14.0. The zero-order valence-electron chi connectivity index (χ0n) is 18.0. The van der Waals surface area contributed by atoms with Crippen molar-refractivity contribution in [3.8, 4) is 11.4 Å². The molecule has 0 bridgehead atoms. The van der Waals surface area contributed by atoms with Gasteiger partial charge in [0, 0.05) is 39.3 Å². The van der Waals surface area contributed by atoms with Crippen LogP contribution in [0.4, 0.5) is 23.9 Å². The molecule has 3 aromatic rings. The molecule has 1 aliphatic rings. The van der Waals surface area contributed by atoms with Crippen molar-refractivity contribution in [1.29, 1.82) is 0 Å². The van der Waals surface area contributed by atoms with Crippen molar-refractivity contribution in [1.82, 2.24) is 29.7 Å². The fourth-order valence-corrected chi connectivity index (χ4v) is 3.77. The molecule has 174 valence electrons. The van der Waals surface area contributed by atoms with Crippen LogP contribution in [0.25, 0.3) is 11.4 Å². The van der Waals surface area contributed by atoms with E-state index in [2.05, 4.69) is 15.1 Å². The smallest absolute Gasteiger partial charge is 0.337 e. The lowest BCUT2D eigenvalue weighted by Gasteiger charge is -2.36. The molecule has 3 heterocycles. The Morgan fingerprint density at radius 1 is 1.09 bits per heavy atom. The second-order valence-electron chi connectivity index (χ2n) is 7.76. The summed E-state index contributed by atoms with van der Waals surface area (Å²) in [6.07, 6.45) is 2.73. The molecule has 0 aliphatic carbocycles. The molecule has 0 radical (unpaired) electrons. The molecular weight excluding hydrogens is 439 g/mol. The van der Waals surface area contributed by atoms with Crippen LogP contribution >= 0.6 is 0 Å². The average molecular weight is 461 g/mol. The predicted molar refractivity (Wildman–Crippen MR) is 112 cm³/mol. The first kappa shape index (κ1) is 22.5. The van der Waals surface area contributed by atoms with Crippen LogP contribution in [0, 0.1) is 24.4 Å². The molecule has 2 aromatic heterocycles. The number of anilines is 1. The Morgan fingerprint density at radius 2 is 1.76 bits per heavy atom. The van der Waals surface area contributed by atoms with E-state index in [0.717, 1.165) is 23.9 Å². The number of aryl methyl sites for hydroxylation is 2. The quantitative estimate of drug-likeness (QED) is 0.475. The Balaban J connectivity index is 1.41. The third-order valence-corrected chi connectivity index (χ3v) is 5.39. The standard InChI is InChI=1S/C21H22F3N7O2/c1-13-10-26-28(2)19(13)18-17(24)11-25-20(27-18)29-3-5-30(6-4-29)21(32)31(33)12-14-7-15(22)9-16(23)8-14/h7-11,33H,3-6,12H2,1-2H3. The Bertz CT molecular complexity index is 1140. The number of hydrogen-bond acceptors (Lipinski definition) is 6. The molecule has 12 heteroatoms. The Kier molecular flexibility index (Phi) is 6.18. The van der Waals surface area contributed by atoms with Crippen LogP contribution in [-0.4, -0.2) is 67.1 Å². The van der Waals surface area contributed by atoms with E-state index in [0.29, 0.717) is 35.9 Å². The van der Waals surface area contributed by atoms with Crippen molar-refractivity contribution in [2.24, 2.45) is 7.05 Å². The number of hydroxylamine groups is 2. The molecule has 1 fully saturated rings. The maximum absolute atomic E-state index is 14.4. The number of nitrogens with zero attached hydrogens (tertiary/aromatic N) is 7. The summed E-state index contributed by atoms with van der Waals surface area (Å²) in [5.41, 5.74) is 1.59. The number of benzene rings is 1. The van der Waals surface area contributed by atoms with Gasteiger partial charge in [-0.25, -0.2) is 33.0 Å². The Labute approximate surface area is 187 Å². The van der Waals surface area contributed by atoms with Gasteiger partial charge in [-0.1, -0.05) is 0 Å². The van der Waals surface area contributed by atoms with Gasteiger partial charge in [-0.05, 0) is 30.2 Å². The predicted octanol–water partition coefficient (Wildman–Crippen LogP) is 2.74. The van der Waals surface area contributed by atoms with E-state index in [-0.39, 0.29) is 30.9 Å². The van der Waals surface area contributed by atoms with Crippen molar-refractivity contribution in [2.75, 3.05) is 31.1 Å². The third-order valence-electron chi connectivity index (χ3n) is 5.39. The highest BCUT2D eigenvalue weighted by atomic mass is 19.1. The average Bonchev–Trinajstić information content (AvgIpc) is 3.11. The molecule has 9 nitrogen and oxygen atoms in total. The summed E-state index contributed by atoms with van der Waals surface area (Å²) in [5.74, 6) is -1.84. The van der Waals surface area contributed by atoms with E-state index in [4.69, 9.17) is 0 Å². The molecule has 0 saturated carbocycles. The number of rotatable bonds is 4. The number of halogens is 3. The number of urea groups is 1.